The number of nitrogens with one attached hydrogen (secondary N) is 4. The van der Waals surface area contributed by atoms with E-state index in [-0.39, 0.29) is 49.2 Å². The maximum absolute atomic E-state index is 12.9. The summed E-state index contributed by atoms with van der Waals surface area (Å²) in [7, 11) is 1.27. The summed E-state index contributed by atoms with van der Waals surface area (Å²) in [6.45, 7) is 1.11. The fourth-order valence-corrected chi connectivity index (χ4v) is 8.98. The van der Waals surface area contributed by atoms with E-state index in [1.165, 1.54) is 23.8 Å². The van der Waals surface area contributed by atoms with Gasteiger partial charge in [0.2, 0.25) is 18.2 Å². The highest BCUT2D eigenvalue weighted by Gasteiger charge is 2.42. The zero-order chi connectivity index (χ0) is 37.6. The summed E-state index contributed by atoms with van der Waals surface area (Å²) in [5.74, 6) is 1.22. The number of carbonyl (C=O) groups is 4. The highest BCUT2D eigenvalue weighted by molar-refractivity contribution is 5.85. The monoisotopic (exact) mass is 742 g/mol. The minimum atomic E-state index is -0.633. The molecule has 0 spiro atoms. The predicted molar refractivity (Wildman–Crippen MR) is 202 cm³/mol. The Morgan fingerprint density at radius 3 is 2.20 bits per heavy atom. The van der Waals surface area contributed by atoms with Crippen LogP contribution < -0.4 is 10.6 Å². The van der Waals surface area contributed by atoms with Gasteiger partial charge in [0.1, 0.15) is 18.2 Å². The van der Waals surface area contributed by atoms with Gasteiger partial charge in [0.25, 0.3) is 0 Å². The van der Waals surface area contributed by atoms with E-state index in [0.717, 1.165) is 89.2 Å². The molecule has 3 fully saturated rings. The third-order valence-electron chi connectivity index (χ3n) is 11.5. The van der Waals surface area contributed by atoms with Crippen molar-refractivity contribution in [3.05, 3.63) is 83.6 Å². The van der Waals surface area contributed by atoms with Gasteiger partial charge in [0, 0.05) is 18.7 Å². The second-order valence-electron chi connectivity index (χ2n) is 14.6. The molecule has 4 atom stereocenters. The number of aromatic amines is 2. The number of likely N-dealkylation sites (tertiary alicyclic amines) is 2. The van der Waals surface area contributed by atoms with Crippen molar-refractivity contribution in [3.63, 3.8) is 0 Å². The maximum atomic E-state index is 12.9. The van der Waals surface area contributed by atoms with E-state index in [4.69, 9.17) is 14.7 Å². The first-order chi connectivity index (χ1) is 26.9. The lowest BCUT2D eigenvalue weighted by atomic mass is 9.82. The lowest BCUT2D eigenvalue weighted by Crippen LogP contribution is -2.40. The normalized spacial score (nSPS) is 21.3. The number of benzene rings is 3. The van der Waals surface area contributed by atoms with E-state index in [1.807, 2.05) is 12.3 Å². The van der Waals surface area contributed by atoms with E-state index in [1.54, 1.807) is 9.80 Å². The number of imidazole rings is 2. The summed E-state index contributed by atoms with van der Waals surface area (Å²) in [6.07, 6.45) is 7.16. The van der Waals surface area contributed by atoms with E-state index < -0.39 is 6.09 Å². The molecule has 0 saturated carbocycles. The van der Waals surface area contributed by atoms with Crippen molar-refractivity contribution in [3.8, 4) is 33.5 Å². The molecular formula is C41H42N8O6. The molecule has 3 aromatic carbocycles. The smallest absolute Gasteiger partial charge is 0.407 e. The molecule has 6 heterocycles. The van der Waals surface area contributed by atoms with Crippen molar-refractivity contribution in [2.45, 2.75) is 62.8 Å². The van der Waals surface area contributed by atoms with Crippen molar-refractivity contribution in [1.82, 2.24) is 40.4 Å². The molecule has 5 aromatic rings. The van der Waals surface area contributed by atoms with E-state index in [9.17, 15) is 19.2 Å². The van der Waals surface area contributed by atoms with Gasteiger partial charge in [-0.2, -0.15) is 0 Å². The van der Waals surface area contributed by atoms with Gasteiger partial charge < -0.3 is 39.9 Å². The average Bonchev–Trinajstić information content (AvgIpc) is 4.08. The van der Waals surface area contributed by atoms with Crippen LogP contribution in [-0.2, 0) is 23.9 Å². The van der Waals surface area contributed by atoms with Gasteiger partial charge in [0.05, 0.1) is 60.9 Å². The number of amides is 4. The van der Waals surface area contributed by atoms with Crippen LogP contribution in [0.3, 0.4) is 0 Å². The Morgan fingerprint density at radius 2 is 1.47 bits per heavy atom. The molecule has 2 bridgehead atoms. The quantitative estimate of drug-likeness (QED) is 0.133. The molecule has 14 nitrogen and oxygen atoms in total. The number of methoxy groups -OCH3 is 1. The molecule has 4 unspecified atom stereocenters. The van der Waals surface area contributed by atoms with Crippen LogP contribution in [-0.4, -0.2) is 87.3 Å². The van der Waals surface area contributed by atoms with Crippen molar-refractivity contribution in [2.75, 3.05) is 33.3 Å². The topological polar surface area (TPSA) is 175 Å². The van der Waals surface area contributed by atoms with Crippen LogP contribution in [0.5, 0.6) is 0 Å². The number of ether oxygens (including phenoxy) is 2. The summed E-state index contributed by atoms with van der Waals surface area (Å²) in [5, 5.41) is 4.97. The van der Waals surface area contributed by atoms with Gasteiger partial charge in [-0.3, -0.25) is 14.4 Å². The summed E-state index contributed by atoms with van der Waals surface area (Å²) >= 11 is 0. The highest BCUT2D eigenvalue weighted by Crippen LogP contribution is 2.56. The first-order valence-electron chi connectivity index (χ1n) is 19.0. The number of carbonyl (C=O) groups excluding carboxylic acids is 4. The second kappa shape index (κ2) is 14.3. The summed E-state index contributed by atoms with van der Waals surface area (Å²) in [5.41, 5.74) is 10.6. The van der Waals surface area contributed by atoms with E-state index in [0.29, 0.717) is 19.5 Å². The molecule has 2 aromatic heterocycles. The largest absolute Gasteiger partial charge is 0.453 e. The number of hydrogen-bond acceptors (Lipinski definition) is 8. The zero-order valence-corrected chi connectivity index (χ0v) is 30.5. The minimum absolute atomic E-state index is 0.0191. The van der Waals surface area contributed by atoms with Gasteiger partial charge in [-0.15, -0.1) is 0 Å². The molecule has 0 aliphatic carbocycles. The van der Waals surface area contributed by atoms with Crippen molar-refractivity contribution in [1.29, 1.82) is 0 Å². The van der Waals surface area contributed by atoms with Crippen LogP contribution in [0.1, 0.15) is 85.6 Å². The number of alkyl carbamates (subject to hydrolysis) is 1. The highest BCUT2D eigenvalue weighted by atomic mass is 16.5. The predicted octanol–water partition coefficient (Wildman–Crippen LogP) is 5.62. The van der Waals surface area contributed by atoms with E-state index in [2.05, 4.69) is 73.9 Å². The zero-order valence-electron chi connectivity index (χ0n) is 30.5. The molecule has 4 N–H and O–H groups in total. The summed E-state index contributed by atoms with van der Waals surface area (Å²) in [6, 6.07) is 18.8. The van der Waals surface area contributed by atoms with Gasteiger partial charge in [-0.1, -0.05) is 42.5 Å². The molecule has 0 radical (unpaired) electrons. The fourth-order valence-electron chi connectivity index (χ4n) is 8.98. The van der Waals surface area contributed by atoms with Crippen LogP contribution >= 0.6 is 0 Å². The van der Waals surface area contributed by atoms with Gasteiger partial charge in [-0.25, -0.2) is 14.8 Å². The Hall–Kier alpha value is -6.02. The standard InChI is InChI=1S/C41H42N8O6/c1-54-41(53)44-21-36(52)49-17-3-5-32(49)40-45-28-13-10-25(18-29(28)46-40)23-6-8-24(9-7-23)26-11-12-27(38-34-15-14-33(55-34)37(26)38)30-19-43-39(47-30)31-4-2-16-48(31)35(51)20-42-22-50/h6-13,18-19,22,31-34H,2-5,14-17,20-21H2,1H3,(H,42,50)(H,43,47)(H,44,53)(H,45,46). The second-order valence-corrected chi connectivity index (χ2v) is 14.6. The molecule has 282 valence electrons. The van der Waals surface area contributed by atoms with Crippen molar-refractivity contribution < 1.29 is 28.7 Å². The first kappa shape index (κ1) is 34.7. The molecule has 14 heteroatoms. The molecule has 4 aliphatic heterocycles. The lowest BCUT2D eigenvalue weighted by molar-refractivity contribution is -0.132. The molecule has 4 aliphatic rings. The first-order valence-corrected chi connectivity index (χ1v) is 19.0. The molecule has 3 saturated heterocycles. The van der Waals surface area contributed by atoms with Crippen LogP contribution in [0.2, 0.25) is 0 Å². The molecular weight excluding hydrogens is 701 g/mol. The number of H-pyrrole nitrogens is 2. The Kier molecular flexibility index (Phi) is 9.05. The van der Waals surface area contributed by atoms with Gasteiger partial charge >= 0.3 is 6.09 Å². The van der Waals surface area contributed by atoms with Crippen LogP contribution in [0.15, 0.2) is 60.8 Å². The Balaban J connectivity index is 0.951. The lowest BCUT2D eigenvalue weighted by Gasteiger charge is -2.23. The van der Waals surface area contributed by atoms with Crippen molar-refractivity contribution in [2.24, 2.45) is 0 Å². The summed E-state index contributed by atoms with van der Waals surface area (Å²) in [4.78, 5) is 68.1. The SMILES string of the molecule is COC(=O)NCC(=O)N1CCCC1c1nc2ccc(-c3ccc(-c4ccc(-c5cnc(C6CCCN6C(=O)CNC=O)[nH]5)c5c4C4CCC5O4)cc3)cc2[nH]1. The minimum Gasteiger partial charge on any atom is -0.453 e. The number of aromatic nitrogens is 4. The number of nitrogens with zero attached hydrogens (tertiary/aromatic N) is 4. The Bertz CT molecular complexity index is 2300. The Morgan fingerprint density at radius 1 is 0.818 bits per heavy atom. The van der Waals surface area contributed by atoms with Crippen molar-refractivity contribution >= 4 is 35.4 Å². The van der Waals surface area contributed by atoms with Gasteiger partial charge in [-0.05, 0) is 84.0 Å². The third kappa shape index (κ3) is 6.29. The summed E-state index contributed by atoms with van der Waals surface area (Å²) < 4.78 is 11.1. The number of rotatable bonds is 10. The van der Waals surface area contributed by atoms with Crippen LogP contribution in [0.4, 0.5) is 4.79 Å². The number of hydrogen-bond donors (Lipinski definition) is 4. The van der Waals surface area contributed by atoms with Gasteiger partial charge in [0.15, 0.2) is 0 Å². The average molecular weight is 743 g/mol. The van der Waals surface area contributed by atoms with Crippen LogP contribution in [0.25, 0.3) is 44.5 Å². The molecule has 55 heavy (non-hydrogen) atoms. The van der Waals surface area contributed by atoms with E-state index >= 15 is 0 Å². The fraction of sp³-hybridized carbons (Fsp3) is 0.366. The Labute approximate surface area is 317 Å². The number of fused-ring (bicyclic) bond motifs is 6. The molecule has 9 rings (SSSR count). The molecule has 4 amide bonds. The maximum Gasteiger partial charge on any atom is 0.407 e. The van der Waals surface area contributed by atoms with Crippen LogP contribution in [0, 0.1) is 0 Å². The third-order valence-corrected chi connectivity index (χ3v) is 11.5.